The summed E-state index contributed by atoms with van der Waals surface area (Å²) in [6.07, 6.45) is 8.70. The van der Waals surface area contributed by atoms with E-state index in [9.17, 15) is 0 Å². The highest BCUT2D eigenvalue weighted by Crippen LogP contribution is 2.40. The van der Waals surface area contributed by atoms with E-state index in [-0.39, 0.29) is 0 Å². The Bertz CT molecular complexity index is 355. The summed E-state index contributed by atoms with van der Waals surface area (Å²) in [7, 11) is 2.30. The third-order valence-electron chi connectivity index (χ3n) is 7.26. The van der Waals surface area contributed by atoms with Gasteiger partial charge in [-0.3, -0.25) is 0 Å². The molecule has 3 nitrogen and oxygen atoms in total. The van der Waals surface area contributed by atoms with E-state index in [1.54, 1.807) is 0 Å². The smallest absolute Gasteiger partial charge is 0.0120 e. The minimum atomic E-state index is 0.899. The summed E-state index contributed by atoms with van der Waals surface area (Å²) < 4.78 is 0. The standard InChI is InChI=1S/C19H35N3/c1-15-3-7-21(8-4-15)18-5-9-22(10-6-18)19-11-16-13-20(2)14-17(16)12-19/h15-19H,3-14H2,1-2H3. The lowest BCUT2D eigenvalue weighted by Crippen LogP contribution is -2.49. The Kier molecular flexibility index (Phi) is 4.49. The Morgan fingerprint density at radius 2 is 1.18 bits per heavy atom. The molecule has 2 atom stereocenters. The molecule has 0 aromatic carbocycles. The monoisotopic (exact) mass is 305 g/mol. The van der Waals surface area contributed by atoms with Crippen LogP contribution < -0.4 is 0 Å². The van der Waals surface area contributed by atoms with Crippen molar-refractivity contribution in [3.05, 3.63) is 0 Å². The van der Waals surface area contributed by atoms with Crippen molar-refractivity contribution < 1.29 is 0 Å². The van der Waals surface area contributed by atoms with E-state index in [0.29, 0.717) is 0 Å². The van der Waals surface area contributed by atoms with Crippen LogP contribution in [0.1, 0.15) is 45.4 Å². The Morgan fingerprint density at radius 1 is 0.682 bits per heavy atom. The number of fused-ring (bicyclic) bond motifs is 1. The zero-order chi connectivity index (χ0) is 15.1. The number of hydrogen-bond donors (Lipinski definition) is 0. The fraction of sp³-hybridized carbons (Fsp3) is 1.00. The van der Waals surface area contributed by atoms with Gasteiger partial charge in [-0.2, -0.15) is 0 Å². The highest BCUT2D eigenvalue weighted by atomic mass is 15.2. The second kappa shape index (κ2) is 6.41. The van der Waals surface area contributed by atoms with Crippen molar-refractivity contribution in [2.75, 3.05) is 46.3 Å². The van der Waals surface area contributed by atoms with Gasteiger partial charge in [-0.05, 0) is 89.5 Å². The summed E-state index contributed by atoms with van der Waals surface area (Å²) in [4.78, 5) is 8.23. The van der Waals surface area contributed by atoms with Gasteiger partial charge in [0.2, 0.25) is 0 Å². The number of nitrogens with zero attached hydrogens (tertiary/aromatic N) is 3. The van der Waals surface area contributed by atoms with Gasteiger partial charge in [0.05, 0.1) is 0 Å². The summed E-state index contributed by atoms with van der Waals surface area (Å²) >= 11 is 0. The third-order valence-corrected chi connectivity index (χ3v) is 7.26. The number of likely N-dealkylation sites (tertiary alicyclic amines) is 3. The molecule has 0 N–H and O–H groups in total. The lowest BCUT2D eigenvalue weighted by Gasteiger charge is -2.43. The van der Waals surface area contributed by atoms with Crippen LogP contribution in [0.25, 0.3) is 0 Å². The predicted molar refractivity (Wildman–Crippen MR) is 92.1 cm³/mol. The normalized spacial score (nSPS) is 40.4. The molecule has 3 heteroatoms. The summed E-state index contributed by atoms with van der Waals surface area (Å²) in [5.41, 5.74) is 0. The first-order chi connectivity index (χ1) is 10.7. The Morgan fingerprint density at radius 3 is 1.77 bits per heavy atom. The van der Waals surface area contributed by atoms with Gasteiger partial charge < -0.3 is 14.7 Å². The average molecular weight is 306 g/mol. The first-order valence-corrected chi connectivity index (χ1v) is 9.85. The molecule has 0 radical (unpaired) electrons. The van der Waals surface area contributed by atoms with Crippen LogP contribution in [0, 0.1) is 17.8 Å². The summed E-state index contributed by atoms with van der Waals surface area (Å²) in [6, 6.07) is 1.82. The summed E-state index contributed by atoms with van der Waals surface area (Å²) in [5.74, 6) is 2.99. The highest BCUT2D eigenvalue weighted by Gasteiger charge is 2.42. The molecule has 4 rings (SSSR count). The zero-order valence-corrected chi connectivity index (χ0v) is 14.7. The maximum atomic E-state index is 2.86. The molecule has 0 aromatic rings. The molecular formula is C19H35N3. The second-order valence-corrected chi connectivity index (χ2v) is 8.85. The Hall–Kier alpha value is -0.120. The van der Waals surface area contributed by atoms with E-state index in [1.807, 2.05) is 0 Å². The zero-order valence-electron chi connectivity index (χ0n) is 14.7. The Labute approximate surface area is 137 Å². The molecule has 0 bridgehead atoms. The quantitative estimate of drug-likeness (QED) is 0.776. The molecule has 3 aliphatic heterocycles. The average Bonchev–Trinajstić information content (AvgIpc) is 3.05. The van der Waals surface area contributed by atoms with Crippen molar-refractivity contribution in [1.82, 2.24) is 14.7 Å². The van der Waals surface area contributed by atoms with E-state index in [4.69, 9.17) is 0 Å². The van der Waals surface area contributed by atoms with Crippen molar-refractivity contribution in [2.24, 2.45) is 17.8 Å². The van der Waals surface area contributed by atoms with E-state index in [1.165, 1.54) is 77.8 Å². The van der Waals surface area contributed by atoms with Crippen LogP contribution in [0.5, 0.6) is 0 Å². The summed E-state index contributed by atoms with van der Waals surface area (Å²) in [6.45, 7) is 10.6. The maximum absolute atomic E-state index is 2.86. The van der Waals surface area contributed by atoms with E-state index in [0.717, 1.165) is 29.8 Å². The molecular weight excluding hydrogens is 270 g/mol. The molecule has 4 aliphatic rings. The Balaban J connectivity index is 1.25. The van der Waals surface area contributed by atoms with Crippen LogP contribution in [0.4, 0.5) is 0 Å². The molecule has 0 aromatic heterocycles. The van der Waals surface area contributed by atoms with Crippen molar-refractivity contribution in [1.29, 1.82) is 0 Å². The largest absolute Gasteiger partial charge is 0.306 e. The molecule has 4 fully saturated rings. The molecule has 1 saturated carbocycles. The topological polar surface area (TPSA) is 9.72 Å². The van der Waals surface area contributed by atoms with Crippen molar-refractivity contribution in [3.63, 3.8) is 0 Å². The first kappa shape index (κ1) is 15.4. The minimum absolute atomic E-state index is 0.899. The molecule has 2 unspecified atom stereocenters. The van der Waals surface area contributed by atoms with Gasteiger partial charge in [0, 0.05) is 25.2 Å². The molecule has 22 heavy (non-hydrogen) atoms. The van der Waals surface area contributed by atoms with E-state index in [2.05, 4.69) is 28.7 Å². The van der Waals surface area contributed by atoms with Crippen LogP contribution in [-0.4, -0.2) is 73.1 Å². The van der Waals surface area contributed by atoms with Gasteiger partial charge in [-0.15, -0.1) is 0 Å². The number of piperidine rings is 2. The third kappa shape index (κ3) is 3.09. The van der Waals surface area contributed by atoms with Gasteiger partial charge in [-0.25, -0.2) is 0 Å². The van der Waals surface area contributed by atoms with Crippen LogP contribution in [0.3, 0.4) is 0 Å². The maximum Gasteiger partial charge on any atom is 0.0120 e. The van der Waals surface area contributed by atoms with Gasteiger partial charge >= 0.3 is 0 Å². The van der Waals surface area contributed by atoms with Gasteiger partial charge in [0.1, 0.15) is 0 Å². The molecule has 1 aliphatic carbocycles. The first-order valence-electron chi connectivity index (χ1n) is 9.85. The molecule has 3 heterocycles. The van der Waals surface area contributed by atoms with Crippen LogP contribution in [0.2, 0.25) is 0 Å². The van der Waals surface area contributed by atoms with Crippen LogP contribution >= 0.6 is 0 Å². The highest BCUT2D eigenvalue weighted by molar-refractivity contribution is 4.96. The van der Waals surface area contributed by atoms with E-state index < -0.39 is 0 Å². The van der Waals surface area contributed by atoms with Crippen molar-refractivity contribution >= 4 is 0 Å². The van der Waals surface area contributed by atoms with Gasteiger partial charge in [0.25, 0.3) is 0 Å². The van der Waals surface area contributed by atoms with Gasteiger partial charge in [0.15, 0.2) is 0 Å². The molecule has 3 saturated heterocycles. The summed E-state index contributed by atoms with van der Waals surface area (Å²) in [5, 5.41) is 0. The molecule has 0 spiro atoms. The predicted octanol–water partition coefficient (Wildman–Crippen LogP) is 2.52. The van der Waals surface area contributed by atoms with Crippen LogP contribution in [0.15, 0.2) is 0 Å². The van der Waals surface area contributed by atoms with Crippen molar-refractivity contribution in [2.45, 2.75) is 57.5 Å². The lowest BCUT2D eigenvalue weighted by atomic mass is 9.94. The number of rotatable bonds is 2. The van der Waals surface area contributed by atoms with Crippen LogP contribution in [-0.2, 0) is 0 Å². The number of hydrogen-bond acceptors (Lipinski definition) is 3. The fourth-order valence-electron chi connectivity index (χ4n) is 5.81. The second-order valence-electron chi connectivity index (χ2n) is 8.85. The van der Waals surface area contributed by atoms with Gasteiger partial charge in [-0.1, -0.05) is 6.92 Å². The van der Waals surface area contributed by atoms with Crippen molar-refractivity contribution in [3.8, 4) is 0 Å². The van der Waals surface area contributed by atoms with E-state index >= 15 is 0 Å². The molecule has 0 amide bonds. The lowest BCUT2D eigenvalue weighted by molar-refractivity contribution is 0.0620. The fourth-order valence-corrected chi connectivity index (χ4v) is 5.81. The minimum Gasteiger partial charge on any atom is -0.306 e. The SMILES string of the molecule is CC1CCN(C2CCN(C3CC4CN(C)CC4C3)CC2)CC1. The molecule has 126 valence electrons.